The molecule has 0 aliphatic carbocycles. The van der Waals surface area contributed by atoms with Gasteiger partial charge in [0.15, 0.2) is 5.82 Å². The molecule has 0 aromatic carbocycles. The minimum atomic E-state index is 0.0258. The first kappa shape index (κ1) is 14.7. The van der Waals surface area contributed by atoms with Crippen LogP contribution in [0.1, 0.15) is 50.1 Å². The van der Waals surface area contributed by atoms with Gasteiger partial charge in [0.1, 0.15) is 5.82 Å². The smallest absolute Gasteiger partial charge is 0.227 e. The number of imidazole rings is 1. The lowest BCUT2D eigenvalue weighted by Gasteiger charge is -2.24. The molecule has 1 aliphatic rings. The molecule has 1 N–H and O–H groups in total. The van der Waals surface area contributed by atoms with E-state index in [-0.39, 0.29) is 17.9 Å². The maximum atomic E-state index is 12.0. The Morgan fingerprint density at radius 1 is 1.55 bits per heavy atom. The van der Waals surface area contributed by atoms with Crippen molar-refractivity contribution < 1.29 is 9.32 Å². The Bertz CT molecular complexity index is 646. The molecule has 0 fully saturated rings. The van der Waals surface area contributed by atoms with Crippen LogP contribution in [0.15, 0.2) is 16.9 Å². The third-order valence-electron chi connectivity index (χ3n) is 3.87. The Morgan fingerprint density at radius 2 is 2.41 bits per heavy atom. The van der Waals surface area contributed by atoms with Crippen LogP contribution in [-0.2, 0) is 24.2 Å². The zero-order chi connectivity index (χ0) is 15.5. The Morgan fingerprint density at radius 3 is 3.18 bits per heavy atom. The molecule has 1 atom stereocenters. The summed E-state index contributed by atoms with van der Waals surface area (Å²) in [5.41, 5.74) is 0. The van der Waals surface area contributed by atoms with Gasteiger partial charge in [-0.3, -0.25) is 4.79 Å². The van der Waals surface area contributed by atoms with Crippen LogP contribution in [0.5, 0.6) is 0 Å². The van der Waals surface area contributed by atoms with E-state index in [0.29, 0.717) is 24.6 Å². The van der Waals surface area contributed by atoms with Crippen molar-refractivity contribution in [3.63, 3.8) is 0 Å². The SMILES string of the molecule is CC(C)c1noc(CCC(=O)N[C@@H]2CCc3nccn3C2)n1. The summed E-state index contributed by atoms with van der Waals surface area (Å²) in [6.07, 6.45) is 6.45. The minimum absolute atomic E-state index is 0.0258. The summed E-state index contributed by atoms with van der Waals surface area (Å²) in [7, 11) is 0. The summed E-state index contributed by atoms with van der Waals surface area (Å²) >= 11 is 0. The number of nitrogens with zero attached hydrogens (tertiary/aromatic N) is 4. The molecule has 1 aliphatic heterocycles. The number of aryl methyl sites for hydroxylation is 2. The molecule has 0 spiro atoms. The van der Waals surface area contributed by atoms with Crippen LogP contribution in [-0.4, -0.2) is 31.6 Å². The predicted molar refractivity (Wildman–Crippen MR) is 79.2 cm³/mol. The fraction of sp³-hybridized carbons (Fsp3) is 0.600. The number of rotatable bonds is 5. The second-order valence-electron chi connectivity index (χ2n) is 6.00. The van der Waals surface area contributed by atoms with Gasteiger partial charge in [0.25, 0.3) is 0 Å². The average molecular weight is 303 g/mol. The van der Waals surface area contributed by atoms with Crippen LogP contribution in [0, 0.1) is 0 Å². The van der Waals surface area contributed by atoms with Crippen molar-refractivity contribution in [3.05, 3.63) is 29.9 Å². The molecule has 3 rings (SSSR count). The number of carbonyl (C=O) groups is 1. The number of hydrogen-bond donors (Lipinski definition) is 1. The van der Waals surface area contributed by atoms with E-state index in [1.54, 1.807) is 6.20 Å². The molecule has 118 valence electrons. The van der Waals surface area contributed by atoms with Gasteiger partial charge in [-0.2, -0.15) is 4.98 Å². The molecule has 0 bridgehead atoms. The predicted octanol–water partition coefficient (Wildman–Crippen LogP) is 1.45. The van der Waals surface area contributed by atoms with Crippen LogP contribution >= 0.6 is 0 Å². The van der Waals surface area contributed by atoms with Crippen LogP contribution in [0.25, 0.3) is 0 Å². The van der Waals surface area contributed by atoms with E-state index in [2.05, 4.69) is 25.0 Å². The first-order valence-electron chi connectivity index (χ1n) is 7.73. The van der Waals surface area contributed by atoms with Crippen molar-refractivity contribution in [2.45, 2.75) is 58.0 Å². The third-order valence-corrected chi connectivity index (χ3v) is 3.87. The zero-order valence-corrected chi connectivity index (χ0v) is 13.0. The molecule has 2 aromatic heterocycles. The highest BCUT2D eigenvalue weighted by atomic mass is 16.5. The first-order chi connectivity index (χ1) is 10.6. The Balaban J connectivity index is 1.46. The highest BCUT2D eigenvalue weighted by molar-refractivity contribution is 5.76. The lowest BCUT2D eigenvalue weighted by atomic mass is 10.1. The van der Waals surface area contributed by atoms with Gasteiger partial charge in [-0.25, -0.2) is 4.98 Å². The second kappa shape index (κ2) is 6.29. The Labute approximate surface area is 129 Å². The molecule has 0 radical (unpaired) electrons. The second-order valence-corrected chi connectivity index (χ2v) is 6.00. The monoisotopic (exact) mass is 303 g/mol. The van der Waals surface area contributed by atoms with Gasteiger partial charge < -0.3 is 14.4 Å². The van der Waals surface area contributed by atoms with Crippen LogP contribution in [0.4, 0.5) is 0 Å². The van der Waals surface area contributed by atoms with Crippen LogP contribution in [0.3, 0.4) is 0 Å². The molecule has 7 heteroatoms. The molecule has 0 saturated carbocycles. The van der Waals surface area contributed by atoms with Crippen molar-refractivity contribution >= 4 is 5.91 Å². The van der Waals surface area contributed by atoms with E-state index in [4.69, 9.17) is 4.52 Å². The van der Waals surface area contributed by atoms with Crippen molar-refractivity contribution in [1.29, 1.82) is 0 Å². The molecule has 22 heavy (non-hydrogen) atoms. The zero-order valence-electron chi connectivity index (χ0n) is 13.0. The van der Waals surface area contributed by atoms with Gasteiger partial charge in [-0.1, -0.05) is 19.0 Å². The first-order valence-corrected chi connectivity index (χ1v) is 7.73. The van der Waals surface area contributed by atoms with Gasteiger partial charge >= 0.3 is 0 Å². The molecule has 2 aromatic rings. The van der Waals surface area contributed by atoms with Crippen molar-refractivity contribution in [2.24, 2.45) is 0 Å². The maximum absolute atomic E-state index is 12.0. The maximum Gasteiger partial charge on any atom is 0.227 e. The lowest BCUT2D eigenvalue weighted by Crippen LogP contribution is -2.41. The molecular weight excluding hydrogens is 282 g/mol. The summed E-state index contributed by atoms with van der Waals surface area (Å²) in [5, 5.41) is 6.97. The van der Waals surface area contributed by atoms with E-state index >= 15 is 0 Å². The lowest BCUT2D eigenvalue weighted by molar-refractivity contribution is -0.122. The number of aromatic nitrogens is 4. The van der Waals surface area contributed by atoms with E-state index in [1.165, 1.54) is 0 Å². The van der Waals surface area contributed by atoms with Crippen molar-refractivity contribution in [2.75, 3.05) is 0 Å². The molecule has 0 unspecified atom stereocenters. The normalized spacial score (nSPS) is 17.5. The molecular formula is C15H21N5O2. The van der Waals surface area contributed by atoms with Gasteiger partial charge in [-0.05, 0) is 6.42 Å². The highest BCUT2D eigenvalue weighted by Gasteiger charge is 2.20. The summed E-state index contributed by atoms with van der Waals surface area (Å²) in [4.78, 5) is 20.6. The topological polar surface area (TPSA) is 85.8 Å². The van der Waals surface area contributed by atoms with E-state index in [0.717, 1.165) is 25.2 Å². The van der Waals surface area contributed by atoms with Gasteiger partial charge in [0, 0.05) is 50.2 Å². The summed E-state index contributed by atoms with van der Waals surface area (Å²) in [6, 6.07) is 0.170. The highest BCUT2D eigenvalue weighted by Crippen LogP contribution is 2.14. The standard InChI is InChI=1S/C15H21N5O2/c1-10(2)15-18-14(22-19-15)6-5-13(21)17-11-3-4-12-16-7-8-20(12)9-11/h7-8,10-11H,3-6,9H2,1-2H3,(H,17,21)/t11-/m1/s1. The van der Waals surface area contributed by atoms with E-state index < -0.39 is 0 Å². The summed E-state index contributed by atoms with van der Waals surface area (Å²) in [6.45, 7) is 4.81. The van der Waals surface area contributed by atoms with Crippen molar-refractivity contribution in [1.82, 2.24) is 25.0 Å². The third kappa shape index (κ3) is 3.35. The fourth-order valence-corrected chi connectivity index (χ4v) is 2.61. The largest absolute Gasteiger partial charge is 0.352 e. The van der Waals surface area contributed by atoms with Crippen LogP contribution in [0.2, 0.25) is 0 Å². The number of carbonyl (C=O) groups excluding carboxylic acids is 1. The fourth-order valence-electron chi connectivity index (χ4n) is 2.61. The Hall–Kier alpha value is -2.18. The van der Waals surface area contributed by atoms with Gasteiger partial charge in [0.2, 0.25) is 11.8 Å². The quantitative estimate of drug-likeness (QED) is 0.903. The van der Waals surface area contributed by atoms with E-state index in [1.807, 2.05) is 20.0 Å². The van der Waals surface area contributed by atoms with Crippen LogP contribution < -0.4 is 5.32 Å². The molecule has 3 heterocycles. The molecule has 0 saturated heterocycles. The van der Waals surface area contributed by atoms with Crippen molar-refractivity contribution in [3.8, 4) is 0 Å². The van der Waals surface area contributed by atoms with E-state index in [9.17, 15) is 4.79 Å². The molecule has 7 nitrogen and oxygen atoms in total. The number of fused-ring (bicyclic) bond motifs is 1. The minimum Gasteiger partial charge on any atom is -0.352 e. The number of nitrogens with one attached hydrogen (secondary N) is 1. The average Bonchev–Trinajstić information content (AvgIpc) is 3.13. The molecule has 1 amide bonds. The Kier molecular flexibility index (Phi) is 4.22. The van der Waals surface area contributed by atoms with Gasteiger partial charge in [0.05, 0.1) is 0 Å². The number of hydrogen-bond acceptors (Lipinski definition) is 5. The van der Waals surface area contributed by atoms with Gasteiger partial charge in [-0.15, -0.1) is 0 Å². The summed E-state index contributed by atoms with van der Waals surface area (Å²) in [5.74, 6) is 2.57. The number of amides is 1. The summed E-state index contributed by atoms with van der Waals surface area (Å²) < 4.78 is 7.25.